The Balaban J connectivity index is 1.98. The highest BCUT2D eigenvalue weighted by molar-refractivity contribution is 5.92. The fraction of sp³-hybridized carbons (Fsp3) is 0.286. The second-order valence-corrected chi connectivity index (χ2v) is 6.77. The van der Waals surface area contributed by atoms with Gasteiger partial charge in [-0.1, -0.05) is 18.7 Å². The molecule has 0 saturated carbocycles. The number of nitrogens with one attached hydrogen (secondary N) is 1. The maximum Gasteiger partial charge on any atom is 0.394 e. The van der Waals surface area contributed by atoms with Crippen molar-refractivity contribution in [3.63, 3.8) is 0 Å². The lowest BCUT2D eigenvalue weighted by Crippen LogP contribution is -2.19. The first-order valence-corrected chi connectivity index (χ1v) is 9.00. The van der Waals surface area contributed by atoms with Crippen molar-refractivity contribution in [2.45, 2.75) is 26.1 Å². The Bertz CT molecular complexity index is 937. The van der Waals surface area contributed by atoms with Gasteiger partial charge in [0.25, 0.3) is 0 Å². The summed E-state index contributed by atoms with van der Waals surface area (Å²) in [6, 6.07) is 8.01. The molecule has 3 rings (SSSR count). The Morgan fingerprint density at radius 3 is 2.66 bits per heavy atom. The molecule has 8 heteroatoms. The number of halogens is 2. The summed E-state index contributed by atoms with van der Waals surface area (Å²) >= 11 is 0. The van der Waals surface area contributed by atoms with E-state index in [-0.39, 0.29) is 24.5 Å². The molecular formula is C21H22F2N2O4. The summed E-state index contributed by atoms with van der Waals surface area (Å²) in [4.78, 5) is 11.2. The number of rotatable bonds is 8. The average molecular weight is 404 g/mol. The van der Waals surface area contributed by atoms with E-state index in [4.69, 9.17) is 10.5 Å². The van der Waals surface area contributed by atoms with E-state index in [1.54, 1.807) is 18.2 Å². The van der Waals surface area contributed by atoms with Crippen LogP contribution in [0.3, 0.4) is 0 Å². The third-order valence-corrected chi connectivity index (χ3v) is 4.56. The second-order valence-electron chi connectivity index (χ2n) is 6.77. The number of carbonyl (C=O) groups excluding carboxylic acids is 1. The van der Waals surface area contributed by atoms with Crippen molar-refractivity contribution in [3.05, 3.63) is 53.6 Å². The highest BCUT2D eigenvalue weighted by Crippen LogP contribution is 2.43. The number of alkyl halides is 2. The van der Waals surface area contributed by atoms with Crippen molar-refractivity contribution in [2.24, 2.45) is 5.73 Å². The van der Waals surface area contributed by atoms with Gasteiger partial charge in [0.2, 0.25) is 5.91 Å². The molecule has 1 heterocycles. The minimum absolute atomic E-state index is 0.0434. The topological polar surface area (TPSA) is 93.8 Å². The predicted octanol–water partition coefficient (Wildman–Crippen LogP) is 3.23. The van der Waals surface area contributed by atoms with E-state index < -0.39 is 12.0 Å². The van der Waals surface area contributed by atoms with Gasteiger partial charge in [-0.3, -0.25) is 4.79 Å². The molecular weight excluding hydrogens is 382 g/mol. The third-order valence-electron chi connectivity index (χ3n) is 4.56. The number of anilines is 1. The SMILES string of the molecule is C=C(CNc1cc(-c2ccc(OC(C)(F)F)cc2)c2c(c1CO)CCO2)C(N)=O. The average Bonchev–Trinajstić information content (AvgIpc) is 3.14. The van der Waals surface area contributed by atoms with Crippen molar-refractivity contribution in [1.82, 2.24) is 0 Å². The molecule has 0 aliphatic carbocycles. The van der Waals surface area contributed by atoms with Crippen molar-refractivity contribution in [3.8, 4) is 22.6 Å². The smallest absolute Gasteiger partial charge is 0.394 e. The normalized spacial score (nSPS) is 12.8. The van der Waals surface area contributed by atoms with Crippen LogP contribution in [0.4, 0.5) is 14.5 Å². The molecule has 154 valence electrons. The van der Waals surface area contributed by atoms with E-state index in [0.717, 1.165) is 16.7 Å². The maximum absolute atomic E-state index is 13.0. The molecule has 0 spiro atoms. The number of aliphatic hydroxyl groups excluding tert-OH is 1. The Morgan fingerprint density at radius 2 is 2.07 bits per heavy atom. The minimum atomic E-state index is -3.27. The summed E-state index contributed by atoms with van der Waals surface area (Å²) in [5, 5.41) is 13.0. The fourth-order valence-electron chi connectivity index (χ4n) is 3.19. The van der Waals surface area contributed by atoms with E-state index in [1.807, 2.05) is 0 Å². The van der Waals surface area contributed by atoms with Crippen LogP contribution in [0.25, 0.3) is 11.1 Å². The van der Waals surface area contributed by atoms with Crippen LogP contribution in [0.5, 0.6) is 11.5 Å². The summed E-state index contributed by atoms with van der Waals surface area (Å²) in [5.41, 5.74) is 9.04. The van der Waals surface area contributed by atoms with Crippen LogP contribution in [0.15, 0.2) is 42.5 Å². The van der Waals surface area contributed by atoms with Crippen molar-refractivity contribution < 1.29 is 28.2 Å². The van der Waals surface area contributed by atoms with Crippen LogP contribution < -0.4 is 20.5 Å². The standard InChI is InChI=1S/C21H22F2N2O4/c1-12(20(24)27)10-25-18-9-16(19-15(7-8-28-19)17(18)11-26)13-3-5-14(6-4-13)29-21(2,22)23/h3-6,9,25-26H,1,7-8,10-11H2,2H3,(H2,24,27). The molecule has 6 nitrogen and oxygen atoms in total. The van der Waals surface area contributed by atoms with E-state index in [0.29, 0.717) is 37.0 Å². The molecule has 0 unspecified atom stereocenters. The summed E-state index contributed by atoms with van der Waals surface area (Å²) in [6.07, 6.45) is -2.65. The zero-order valence-corrected chi connectivity index (χ0v) is 15.9. The number of amides is 1. The number of hydrogen-bond donors (Lipinski definition) is 3. The van der Waals surface area contributed by atoms with Gasteiger partial charge in [-0.15, -0.1) is 0 Å². The zero-order chi connectivity index (χ0) is 21.2. The van der Waals surface area contributed by atoms with Gasteiger partial charge in [-0.05, 0) is 23.8 Å². The predicted molar refractivity (Wildman–Crippen MR) is 105 cm³/mol. The summed E-state index contributed by atoms with van der Waals surface area (Å²) < 4.78 is 36.4. The maximum atomic E-state index is 13.0. The van der Waals surface area contributed by atoms with E-state index in [1.165, 1.54) is 12.1 Å². The van der Waals surface area contributed by atoms with E-state index >= 15 is 0 Å². The van der Waals surface area contributed by atoms with E-state index in [2.05, 4.69) is 16.6 Å². The van der Waals surface area contributed by atoms with Crippen LogP contribution in [-0.2, 0) is 17.8 Å². The molecule has 0 saturated heterocycles. The molecule has 1 aliphatic heterocycles. The first-order valence-electron chi connectivity index (χ1n) is 9.00. The Morgan fingerprint density at radius 1 is 1.38 bits per heavy atom. The molecule has 0 radical (unpaired) electrons. The van der Waals surface area contributed by atoms with Crippen LogP contribution in [0, 0.1) is 0 Å². The molecule has 0 atom stereocenters. The first kappa shape index (κ1) is 20.6. The minimum Gasteiger partial charge on any atom is -0.492 e. The Hall–Kier alpha value is -3.13. The molecule has 4 N–H and O–H groups in total. The van der Waals surface area contributed by atoms with Crippen LogP contribution in [0.2, 0.25) is 0 Å². The zero-order valence-electron chi connectivity index (χ0n) is 15.9. The lowest BCUT2D eigenvalue weighted by Gasteiger charge is -2.18. The number of carbonyl (C=O) groups is 1. The van der Waals surface area contributed by atoms with Gasteiger partial charge < -0.3 is 25.6 Å². The highest BCUT2D eigenvalue weighted by Gasteiger charge is 2.25. The molecule has 0 fully saturated rings. The summed E-state index contributed by atoms with van der Waals surface area (Å²) in [7, 11) is 0. The quantitative estimate of drug-likeness (QED) is 0.588. The number of benzene rings is 2. The number of ether oxygens (including phenoxy) is 2. The Kier molecular flexibility index (Phi) is 5.74. The summed E-state index contributed by atoms with van der Waals surface area (Å²) in [6.45, 7) is 4.67. The van der Waals surface area contributed by atoms with Gasteiger partial charge in [0.15, 0.2) is 0 Å². The van der Waals surface area contributed by atoms with Gasteiger partial charge in [-0.25, -0.2) is 0 Å². The van der Waals surface area contributed by atoms with Crippen molar-refractivity contribution >= 4 is 11.6 Å². The molecule has 29 heavy (non-hydrogen) atoms. The Labute approximate surface area is 166 Å². The lowest BCUT2D eigenvalue weighted by molar-refractivity contribution is -0.158. The molecule has 0 aromatic heterocycles. The third kappa shape index (κ3) is 4.65. The summed E-state index contributed by atoms with van der Waals surface area (Å²) in [5.74, 6) is 0.0702. The van der Waals surface area contributed by atoms with Crippen LogP contribution in [0.1, 0.15) is 18.1 Å². The molecule has 1 aliphatic rings. The number of fused-ring (bicyclic) bond motifs is 1. The van der Waals surface area contributed by atoms with Gasteiger partial charge >= 0.3 is 6.11 Å². The number of aliphatic hydroxyl groups is 1. The fourth-order valence-corrected chi connectivity index (χ4v) is 3.19. The van der Waals surface area contributed by atoms with Gasteiger partial charge in [-0.2, -0.15) is 8.78 Å². The van der Waals surface area contributed by atoms with Gasteiger partial charge in [0, 0.05) is 47.8 Å². The van der Waals surface area contributed by atoms with Gasteiger partial charge in [0.05, 0.1) is 13.2 Å². The first-order chi connectivity index (χ1) is 13.7. The molecule has 0 bridgehead atoms. The van der Waals surface area contributed by atoms with Crippen molar-refractivity contribution in [1.29, 1.82) is 0 Å². The monoisotopic (exact) mass is 404 g/mol. The molecule has 2 aromatic rings. The number of nitrogens with two attached hydrogens (primary N) is 1. The van der Waals surface area contributed by atoms with E-state index in [9.17, 15) is 18.7 Å². The highest BCUT2D eigenvalue weighted by atomic mass is 19.3. The lowest BCUT2D eigenvalue weighted by atomic mass is 9.95. The number of primary amides is 1. The van der Waals surface area contributed by atoms with Crippen LogP contribution >= 0.6 is 0 Å². The number of hydrogen-bond acceptors (Lipinski definition) is 5. The second kappa shape index (κ2) is 8.08. The van der Waals surface area contributed by atoms with Crippen LogP contribution in [-0.4, -0.2) is 30.3 Å². The largest absolute Gasteiger partial charge is 0.492 e. The molecule has 1 amide bonds. The van der Waals surface area contributed by atoms with Gasteiger partial charge in [0.1, 0.15) is 11.5 Å². The van der Waals surface area contributed by atoms with Crippen molar-refractivity contribution in [2.75, 3.05) is 18.5 Å². The molecule has 2 aromatic carbocycles.